The van der Waals surface area contributed by atoms with E-state index in [-0.39, 0.29) is 5.97 Å². The molecule has 3 heteroatoms. The van der Waals surface area contributed by atoms with Crippen LogP contribution in [0.2, 0.25) is 0 Å². The second kappa shape index (κ2) is 5.83. The summed E-state index contributed by atoms with van der Waals surface area (Å²) in [6, 6.07) is 17.7. The Kier molecular flexibility index (Phi) is 3.73. The van der Waals surface area contributed by atoms with E-state index in [4.69, 9.17) is 4.74 Å². The molecule has 0 spiro atoms. The van der Waals surface area contributed by atoms with Crippen LogP contribution in [0.15, 0.2) is 67.0 Å². The highest BCUT2D eigenvalue weighted by Gasteiger charge is 2.26. The predicted molar refractivity (Wildman–Crippen MR) is 82.3 cm³/mol. The zero-order valence-electron chi connectivity index (χ0n) is 11.9. The average Bonchev–Trinajstić information content (AvgIpc) is 2.93. The molecule has 3 aromatic rings. The molecular formula is C18H17NO2. The maximum Gasteiger partial charge on any atom is 0.317 e. The van der Waals surface area contributed by atoms with E-state index < -0.39 is 5.92 Å². The molecule has 0 radical (unpaired) electrons. The summed E-state index contributed by atoms with van der Waals surface area (Å²) in [7, 11) is 0. The number of pyridine rings is 1. The number of ether oxygens (including phenoxy) is 1. The minimum atomic E-state index is -0.390. The lowest BCUT2D eigenvalue weighted by Gasteiger charge is -2.15. The van der Waals surface area contributed by atoms with Gasteiger partial charge < -0.3 is 9.14 Å². The molecule has 3 rings (SSSR count). The number of hydrogen-bond acceptors (Lipinski definition) is 2. The maximum atomic E-state index is 12.5. The minimum Gasteiger partial charge on any atom is -0.465 e. The molecule has 0 aliphatic rings. The number of fused-ring (bicyclic) bond motifs is 1. The fourth-order valence-corrected chi connectivity index (χ4v) is 2.63. The molecule has 2 heterocycles. The predicted octanol–water partition coefficient (Wildman–Crippen LogP) is 3.63. The maximum absolute atomic E-state index is 12.5. The number of hydrogen-bond donors (Lipinski definition) is 0. The van der Waals surface area contributed by atoms with Crippen LogP contribution in [0.25, 0.3) is 5.52 Å². The smallest absolute Gasteiger partial charge is 0.317 e. The molecule has 0 N–H and O–H groups in total. The van der Waals surface area contributed by atoms with Crippen molar-refractivity contribution in [3.63, 3.8) is 0 Å². The van der Waals surface area contributed by atoms with Gasteiger partial charge in [-0.15, -0.1) is 0 Å². The second-order valence-corrected chi connectivity index (χ2v) is 4.86. The van der Waals surface area contributed by atoms with Crippen molar-refractivity contribution < 1.29 is 9.53 Å². The fraction of sp³-hybridized carbons (Fsp3) is 0.167. The van der Waals surface area contributed by atoms with Gasteiger partial charge in [0.1, 0.15) is 5.92 Å². The van der Waals surface area contributed by atoms with E-state index in [1.165, 1.54) is 0 Å². The molecule has 21 heavy (non-hydrogen) atoms. The van der Waals surface area contributed by atoms with E-state index in [0.717, 1.165) is 16.6 Å². The van der Waals surface area contributed by atoms with E-state index in [1.54, 1.807) is 0 Å². The summed E-state index contributed by atoms with van der Waals surface area (Å²) in [5.74, 6) is -0.598. The van der Waals surface area contributed by atoms with Gasteiger partial charge in [0.25, 0.3) is 0 Å². The van der Waals surface area contributed by atoms with Gasteiger partial charge in [0.2, 0.25) is 0 Å². The Bertz CT molecular complexity index is 746. The third-order valence-corrected chi connectivity index (χ3v) is 3.57. The van der Waals surface area contributed by atoms with Crippen molar-refractivity contribution in [1.82, 2.24) is 4.40 Å². The van der Waals surface area contributed by atoms with Crippen LogP contribution in [-0.4, -0.2) is 17.0 Å². The van der Waals surface area contributed by atoms with Crippen molar-refractivity contribution in [2.24, 2.45) is 0 Å². The third-order valence-electron chi connectivity index (χ3n) is 3.57. The van der Waals surface area contributed by atoms with Gasteiger partial charge in [0.05, 0.1) is 6.61 Å². The Morgan fingerprint density at radius 2 is 1.81 bits per heavy atom. The van der Waals surface area contributed by atoms with Gasteiger partial charge >= 0.3 is 5.97 Å². The highest BCUT2D eigenvalue weighted by atomic mass is 16.5. The molecule has 0 amide bonds. The van der Waals surface area contributed by atoms with Crippen molar-refractivity contribution in [2.45, 2.75) is 12.8 Å². The lowest BCUT2D eigenvalue weighted by atomic mass is 9.92. The largest absolute Gasteiger partial charge is 0.465 e. The topological polar surface area (TPSA) is 30.7 Å². The summed E-state index contributed by atoms with van der Waals surface area (Å²) in [6.07, 6.45) is 3.95. The first kappa shape index (κ1) is 13.4. The number of rotatable bonds is 4. The van der Waals surface area contributed by atoms with Crippen LogP contribution in [0, 0.1) is 0 Å². The molecule has 1 aromatic carbocycles. The molecule has 1 unspecified atom stereocenters. The first-order valence-electron chi connectivity index (χ1n) is 7.08. The Balaban J connectivity index is 2.13. The van der Waals surface area contributed by atoms with E-state index >= 15 is 0 Å². The van der Waals surface area contributed by atoms with Crippen LogP contribution in [0.4, 0.5) is 0 Å². The normalized spacial score (nSPS) is 12.2. The zero-order chi connectivity index (χ0) is 14.7. The summed E-state index contributed by atoms with van der Waals surface area (Å²) in [5, 5.41) is 0. The van der Waals surface area contributed by atoms with Gasteiger partial charge in [-0.05, 0) is 36.2 Å². The van der Waals surface area contributed by atoms with Crippen LogP contribution in [0.3, 0.4) is 0 Å². The Labute approximate surface area is 123 Å². The Morgan fingerprint density at radius 3 is 2.57 bits per heavy atom. The van der Waals surface area contributed by atoms with Crippen molar-refractivity contribution >= 4 is 11.5 Å². The van der Waals surface area contributed by atoms with Gasteiger partial charge in [-0.2, -0.15) is 0 Å². The molecule has 0 aliphatic carbocycles. The summed E-state index contributed by atoms with van der Waals surface area (Å²) in [5.41, 5.74) is 2.95. The minimum absolute atomic E-state index is 0.208. The van der Waals surface area contributed by atoms with Gasteiger partial charge in [0, 0.05) is 17.9 Å². The van der Waals surface area contributed by atoms with Crippen LogP contribution in [-0.2, 0) is 9.53 Å². The summed E-state index contributed by atoms with van der Waals surface area (Å²) in [4.78, 5) is 12.5. The second-order valence-electron chi connectivity index (χ2n) is 4.86. The molecule has 0 bridgehead atoms. The fourth-order valence-electron chi connectivity index (χ4n) is 2.63. The number of esters is 1. The number of benzene rings is 1. The highest BCUT2D eigenvalue weighted by Crippen LogP contribution is 2.30. The Morgan fingerprint density at radius 1 is 1.05 bits per heavy atom. The molecule has 1 atom stereocenters. The highest BCUT2D eigenvalue weighted by molar-refractivity contribution is 5.85. The third kappa shape index (κ3) is 2.55. The average molecular weight is 279 g/mol. The van der Waals surface area contributed by atoms with E-state index in [0.29, 0.717) is 6.61 Å². The number of carbonyl (C=O) groups is 1. The lowest BCUT2D eigenvalue weighted by Crippen LogP contribution is -2.17. The molecule has 0 fully saturated rings. The zero-order valence-corrected chi connectivity index (χ0v) is 11.9. The number of carbonyl (C=O) groups excluding carboxylic acids is 1. The van der Waals surface area contributed by atoms with Gasteiger partial charge in [-0.25, -0.2) is 0 Å². The van der Waals surface area contributed by atoms with Crippen LogP contribution >= 0.6 is 0 Å². The molecule has 0 saturated heterocycles. The monoisotopic (exact) mass is 279 g/mol. The van der Waals surface area contributed by atoms with E-state index in [1.807, 2.05) is 78.3 Å². The SMILES string of the molecule is CCOC(=O)C(c1ccccc1)c1ccn2ccccc12. The number of aromatic nitrogens is 1. The first-order valence-corrected chi connectivity index (χ1v) is 7.08. The summed E-state index contributed by atoms with van der Waals surface area (Å²) in [6.45, 7) is 2.21. The standard InChI is InChI=1S/C18H17NO2/c1-2-21-18(20)17(14-8-4-3-5-9-14)15-11-13-19-12-7-6-10-16(15)19/h3-13,17H,2H2,1H3. The van der Waals surface area contributed by atoms with Gasteiger partial charge in [-0.1, -0.05) is 36.4 Å². The molecule has 2 aromatic heterocycles. The van der Waals surface area contributed by atoms with Crippen molar-refractivity contribution in [3.05, 3.63) is 78.1 Å². The molecule has 106 valence electrons. The van der Waals surface area contributed by atoms with E-state index in [2.05, 4.69) is 0 Å². The first-order chi connectivity index (χ1) is 10.3. The van der Waals surface area contributed by atoms with Gasteiger partial charge in [0.15, 0.2) is 0 Å². The molecule has 0 aliphatic heterocycles. The van der Waals surface area contributed by atoms with E-state index in [9.17, 15) is 4.79 Å². The quantitative estimate of drug-likeness (QED) is 0.683. The lowest BCUT2D eigenvalue weighted by molar-refractivity contribution is -0.143. The molecule has 0 saturated carbocycles. The Hall–Kier alpha value is -2.55. The summed E-state index contributed by atoms with van der Waals surface area (Å²) < 4.78 is 7.30. The van der Waals surface area contributed by atoms with Crippen LogP contribution in [0.1, 0.15) is 24.0 Å². The molecular weight excluding hydrogens is 262 g/mol. The van der Waals surface area contributed by atoms with Crippen molar-refractivity contribution in [1.29, 1.82) is 0 Å². The van der Waals surface area contributed by atoms with Gasteiger partial charge in [-0.3, -0.25) is 4.79 Å². The van der Waals surface area contributed by atoms with Crippen molar-refractivity contribution in [3.8, 4) is 0 Å². The van der Waals surface area contributed by atoms with Crippen LogP contribution in [0.5, 0.6) is 0 Å². The summed E-state index contributed by atoms with van der Waals surface area (Å²) >= 11 is 0. The van der Waals surface area contributed by atoms with Crippen molar-refractivity contribution in [2.75, 3.05) is 6.61 Å². The number of nitrogens with zero attached hydrogens (tertiary/aromatic N) is 1. The van der Waals surface area contributed by atoms with Crippen LogP contribution < -0.4 is 0 Å². The molecule has 3 nitrogen and oxygen atoms in total.